The molecule has 0 aliphatic carbocycles. The molecule has 1 aromatic heterocycles. The first-order valence-corrected chi connectivity index (χ1v) is 7.41. The monoisotopic (exact) mass is 322 g/mol. The first-order chi connectivity index (χ1) is 10.8. The molecule has 0 radical (unpaired) electrons. The first-order valence-electron chi connectivity index (χ1n) is 7.41. The minimum Gasteiger partial charge on any atom is -0.467 e. The zero-order chi connectivity index (χ0) is 17.0. The largest absolute Gasteiger partial charge is 0.467 e. The van der Waals surface area contributed by atoms with Gasteiger partial charge in [-0.3, -0.25) is 19.4 Å². The number of hydrogen-bond acceptors (Lipinski definition) is 5. The summed E-state index contributed by atoms with van der Waals surface area (Å²) in [6.45, 7) is 4.51. The average Bonchev–Trinajstić information content (AvgIpc) is 3.03. The molecular weight excluding hydrogens is 300 g/mol. The highest BCUT2D eigenvalue weighted by atomic mass is 16.3. The molecular formula is C15H22N4O4. The molecule has 1 aliphatic rings. The molecule has 2 heterocycles. The van der Waals surface area contributed by atoms with Crippen molar-refractivity contribution in [3.63, 3.8) is 0 Å². The van der Waals surface area contributed by atoms with E-state index in [-0.39, 0.29) is 24.9 Å². The number of carbonyl (C=O) groups is 3. The van der Waals surface area contributed by atoms with Crippen LogP contribution < -0.4 is 10.6 Å². The molecule has 23 heavy (non-hydrogen) atoms. The van der Waals surface area contributed by atoms with Gasteiger partial charge in [0.1, 0.15) is 11.3 Å². The number of nitrogens with zero attached hydrogens (tertiary/aromatic N) is 2. The van der Waals surface area contributed by atoms with E-state index >= 15 is 0 Å². The van der Waals surface area contributed by atoms with Crippen molar-refractivity contribution in [2.24, 2.45) is 0 Å². The van der Waals surface area contributed by atoms with Crippen LogP contribution in [0, 0.1) is 0 Å². The Hall–Kier alpha value is -2.35. The standard InChI is InChI=1S/C15H22N4O4/c1-15(2)13(21)19(14(22)17-15)7-6-18(3)10-12(20)16-9-11-5-4-8-23-11/h4-5,8H,6-7,9-10H2,1-3H3,(H,16,20)(H,17,22). The van der Waals surface area contributed by atoms with Crippen LogP contribution in [0.25, 0.3) is 0 Å². The second-order valence-electron chi connectivity index (χ2n) is 6.11. The van der Waals surface area contributed by atoms with Gasteiger partial charge in [-0.1, -0.05) is 0 Å². The highest BCUT2D eigenvalue weighted by molar-refractivity contribution is 6.06. The molecule has 0 spiro atoms. The van der Waals surface area contributed by atoms with Crippen molar-refractivity contribution in [1.29, 1.82) is 0 Å². The van der Waals surface area contributed by atoms with Crippen LogP contribution in [-0.2, 0) is 16.1 Å². The van der Waals surface area contributed by atoms with Crippen LogP contribution >= 0.6 is 0 Å². The summed E-state index contributed by atoms with van der Waals surface area (Å²) in [5.74, 6) is 0.280. The van der Waals surface area contributed by atoms with Crippen molar-refractivity contribution < 1.29 is 18.8 Å². The van der Waals surface area contributed by atoms with Crippen LogP contribution in [0.1, 0.15) is 19.6 Å². The molecule has 0 saturated carbocycles. The Kier molecular flexibility index (Phi) is 5.05. The van der Waals surface area contributed by atoms with Crippen LogP contribution in [0.15, 0.2) is 22.8 Å². The van der Waals surface area contributed by atoms with E-state index in [1.807, 2.05) is 0 Å². The molecule has 2 N–H and O–H groups in total. The van der Waals surface area contributed by atoms with Crippen molar-refractivity contribution in [1.82, 2.24) is 20.4 Å². The Morgan fingerprint density at radius 1 is 1.43 bits per heavy atom. The van der Waals surface area contributed by atoms with Crippen molar-refractivity contribution in [2.75, 3.05) is 26.7 Å². The van der Waals surface area contributed by atoms with E-state index in [2.05, 4.69) is 10.6 Å². The lowest BCUT2D eigenvalue weighted by Crippen LogP contribution is -2.42. The number of likely N-dealkylation sites (N-methyl/N-ethyl adjacent to an activating group) is 1. The van der Waals surface area contributed by atoms with Crippen molar-refractivity contribution in [3.05, 3.63) is 24.2 Å². The molecule has 4 amide bonds. The second-order valence-corrected chi connectivity index (χ2v) is 6.11. The number of imide groups is 1. The van der Waals surface area contributed by atoms with E-state index in [4.69, 9.17) is 4.42 Å². The summed E-state index contributed by atoms with van der Waals surface area (Å²) in [5.41, 5.74) is -0.865. The zero-order valence-electron chi connectivity index (χ0n) is 13.6. The third kappa shape index (κ3) is 4.32. The van der Waals surface area contributed by atoms with Gasteiger partial charge in [-0.05, 0) is 33.0 Å². The second kappa shape index (κ2) is 6.82. The van der Waals surface area contributed by atoms with Crippen LogP contribution in [0.4, 0.5) is 4.79 Å². The Bertz CT molecular complexity index is 582. The molecule has 0 bridgehead atoms. The molecule has 0 unspecified atom stereocenters. The van der Waals surface area contributed by atoms with Crippen LogP contribution in [0.5, 0.6) is 0 Å². The fourth-order valence-corrected chi connectivity index (χ4v) is 2.27. The van der Waals surface area contributed by atoms with E-state index < -0.39 is 11.6 Å². The van der Waals surface area contributed by atoms with Gasteiger partial charge >= 0.3 is 6.03 Å². The van der Waals surface area contributed by atoms with Gasteiger partial charge in [-0.15, -0.1) is 0 Å². The maximum atomic E-state index is 12.0. The Labute approximate surface area is 134 Å². The molecule has 8 heteroatoms. The molecule has 126 valence electrons. The Balaban J connectivity index is 1.72. The normalized spacial score (nSPS) is 16.8. The molecule has 1 aliphatic heterocycles. The van der Waals surface area contributed by atoms with Gasteiger partial charge in [-0.25, -0.2) is 4.79 Å². The molecule has 8 nitrogen and oxygen atoms in total. The predicted octanol–water partition coefficient (Wildman–Crippen LogP) is 0.158. The summed E-state index contributed by atoms with van der Waals surface area (Å²) in [5, 5.41) is 5.36. The summed E-state index contributed by atoms with van der Waals surface area (Å²) < 4.78 is 5.13. The van der Waals surface area contributed by atoms with Gasteiger partial charge in [0.25, 0.3) is 5.91 Å². The summed E-state index contributed by atoms with van der Waals surface area (Å²) >= 11 is 0. The number of rotatable bonds is 7. The van der Waals surface area contributed by atoms with Gasteiger partial charge in [0.05, 0.1) is 19.4 Å². The maximum absolute atomic E-state index is 12.0. The number of nitrogens with one attached hydrogen (secondary N) is 2. The maximum Gasteiger partial charge on any atom is 0.325 e. The quantitative estimate of drug-likeness (QED) is 0.697. The van der Waals surface area contributed by atoms with Gasteiger partial charge in [-0.2, -0.15) is 0 Å². The van der Waals surface area contributed by atoms with Gasteiger partial charge in [0, 0.05) is 13.1 Å². The third-order valence-electron chi connectivity index (χ3n) is 3.60. The predicted molar refractivity (Wildman–Crippen MR) is 82.4 cm³/mol. The molecule has 1 fully saturated rings. The highest BCUT2D eigenvalue weighted by Gasteiger charge is 2.43. The minimum atomic E-state index is -0.865. The van der Waals surface area contributed by atoms with Crippen molar-refractivity contribution in [2.45, 2.75) is 25.9 Å². The summed E-state index contributed by atoms with van der Waals surface area (Å²) in [6.07, 6.45) is 1.55. The number of carbonyl (C=O) groups excluding carboxylic acids is 3. The zero-order valence-corrected chi connectivity index (χ0v) is 13.6. The summed E-state index contributed by atoms with van der Waals surface area (Å²) in [4.78, 5) is 38.5. The van der Waals surface area contributed by atoms with E-state index in [1.54, 1.807) is 44.2 Å². The topological polar surface area (TPSA) is 94.9 Å². The van der Waals surface area contributed by atoms with E-state index in [0.29, 0.717) is 18.8 Å². The minimum absolute atomic E-state index is 0.151. The van der Waals surface area contributed by atoms with Gasteiger partial charge in [0.2, 0.25) is 5.91 Å². The molecule has 1 aromatic rings. The molecule has 0 atom stereocenters. The SMILES string of the molecule is CN(CCN1C(=O)NC(C)(C)C1=O)CC(=O)NCc1ccco1. The Morgan fingerprint density at radius 3 is 2.74 bits per heavy atom. The lowest BCUT2D eigenvalue weighted by molar-refractivity contribution is -0.130. The smallest absolute Gasteiger partial charge is 0.325 e. The average molecular weight is 322 g/mol. The Morgan fingerprint density at radius 2 is 2.17 bits per heavy atom. The first kappa shape index (κ1) is 17.0. The van der Waals surface area contributed by atoms with Crippen molar-refractivity contribution in [3.8, 4) is 0 Å². The fourth-order valence-electron chi connectivity index (χ4n) is 2.27. The molecule has 0 aromatic carbocycles. The number of urea groups is 1. The van der Waals surface area contributed by atoms with Gasteiger partial charge in [0.15, 0.2) is 0 Å². The van der Waals surface area contributed by atoms with Gasteiger partial charge < -0.3 is 15.1 Å². The van der Waals surface area contributed by atoms with E-state index in [1.165, 1.54) is 4.90 Å². The van der Waals surface area contributed by atoms with Crippen LogP contribution in [0.2, 0.25) is 0 Å². The fraction of sp³-hybridized carbons (Fsp3) is 0.533. The number of amides is 4. The summed E-state index contributed by atoms with van der Waals surface area (Å²) in [7, 11) is 1.76. The van der Waals surface area contributed by atoms with E-state index in [0.717, 1.165) is 0 Å². The number of furan rings is 1. The lowest BCUT2D eigenvalue weighted by Gasteiger charge is -2.20. The third-order valence-corrected chi connectivity index (χ3v) is 3.60. The molecule has 2 rings (SSSR count). The summed E-state index contributed by atoms with van der Waals surface area (Å²) in [6, 6.07) is 3.15. The number of hydrogen-bond donors (Lipinski definition) is 2. The molecule has 1 saturated heterocycles. The van der Waals surface area contributed by atoms with Crippen molar-refractivity contribution >= 4 is 17.8 Å². The van der Waals surface area contributed by atoms with Crippen LogP contribution in [0.3, 0.4) is 0 Å². The lowest BCUT2D eigenvalue weighted by atomic mass is 10.1. The van der Waals surface area contributed by atoms with Crippen LogP contribution in [-0.4, -0.2) is 59.9 Å². The van der Waals surface area contributed by atoms with E-state index in [9.17, 15) is 14.4 Å². The highest BCUT2D eigenvalue weighted by Crippen LogP contribution is 2.15.